The van der Waals surface area contributed by atoms with Gasteiger partial charge in [0.05, 0.1) is 5.69 Å². The summed E-state index contributed by atoms with van der Waals surface area (Å²) in [7, 11) is 0. The number of rotatable bonds is 5. The van der Waals surface area contributed by atoms with Gasteiger partial charge in [-0.15, -0.1) is 5.10 Å². The number of nitrogens with zero attached hydrogens (tertiary/aromatic N) is 3. The van der Waals surface area contributed by atoms with Crippen LogP contribution in [0.5, 0.6) is 0 Å². The van der Waals surface area contributed by atoms with Crippen molar-refractivity contribution in [3.63, 3.8) is 0 Å². The molecule has 1 heterocycles. The van der Waals surface area contributed by atoms with Gasteiger partial charge in [-0.05, 0) is 32.2 Å². The number of aryl methyl sites for hydroxylation is 1. The van der Waals surface area contributed by atoms with Crippen LogP contribution in [0.3, 0.4) is 0 Å². The topological polar surface area (TPSA) is 42.7 Å². The van der Waals surface area contributed by atoms with Gasteiger partial charge >= 0.3 is 0 Å². The summed E-state index contributed by atoms with van der Waals surface area (Å²) >= 11 is 0. The van der Waals surface area contributed by atoms with Crippen molar-refractivity contribution in [3.05, 3.63) is 11.9 Å². The molecule has 1 saturated carbocycles. The molecule has 0 saturated heterocycles. The molecule has 0 unspecified atom stereocenters. The lowest BCUT2D eigenvalue weighted by Crippen LogP contribution is -2.16. The Balaban J connectivity index is 1.72. The molecule has 0 amide bonds. The van der Waals surface area contributed by atoms with Gasteiger partial charge in [-0.1, -0.05) is 5.21 Å². The molecular weight excluding hydrogens is 164 g/mol. The SMILES string of the molecule is CCn1cc(CNCC2CC2)nn1. The molecular formula is C9H16N4. The van der Waals surface area contributed by atoms with Gasteiger partial charge in [-0.25, -0.2) is 0 Å². The van der Waals surface area contributed by atoms with Crippen molar-refractivity contribution in [2.75, 3.05) is 6.54 Å². The molecule has 1 aliphatic rings. The van der Waals surface area contributed by atoms with Crippen molar-refractivity contribution in [2.24, 2.45) is 5.92 Å². The van der Waals surface area contributed by atoms with E-state index in [-0.39, 0.29) is 0 Å². The maximum absolute atomic E-state index is 4.05. The van der Waals surface area contributed by atoms with Crippen LogP contribution in [-0.2, 0) is 13.1 Å². The minimum atomic E-state index is 0.858. The predicted molar refractivity (Wildman–Crippen MR) is 50.1 cm³/mol. The molecule has 72 valence electrons. The standard InChI is InChI=1S/C9H16N4/c1-2-13-7-9(11-12-13)6-10-5-8-3-4-8/h7-8,10H,2-6H2,1H3. The summed E-state index contributed by atoms with van der Waals surface area (Å²) in [6.45, 7) is 4.96. The maximum atomic E-state index is 4.05. The largest absolute Gasteiger partial charge is 0.311 e. The quantitative estimate of drug-likeness (QED) is 0.728. The molecule has 0 atom stereocenters. The summed E-state index contributed by atoms with van der Waals surface area (Å²) in [5.74, 6) is 0.932. The van der Waals surface area contributed by atoms with E-state index in [1.165, 1.54) is 12.8 Å². The van der Waals surface area contributed by atoms with Crippen LogP contribution in [0.2, 0.25) is 0 Å². The molecule has 2 rings (SSSR count). The highest BCUT2D eigenvalue weighted by Gasteiger charge is 2.20. The highest BCUT2D eigenvalue weighted by molar-refractivity contribution is 4.91. The van der Waals surface area contributed by atoms with Gasteiger partial charge in [0, 0.05) is 19.3 Å². The highest BCUT2D eigenvalue weighted by Crippen LogP contribution is 2.27. The Labute approximate surface area is 78.3 Å². The molecule has 0 radical (unpaired) electrons. The minimum Gasteiger partial charge on any atom is -0.311 e. The van der Waals surface area contributed by atoms with Crippen molar-refractivity contribution < 1.29 is 0 Å². The van der Waals surface area contributed by atoms with E-state index in [1.807, 2.05) is 10.9 Å². The van der Waals surface area contributed by atoms with Crippen molar-refractivity contribution >= 4 is 0 Å². The summed E-state index contributed by atoms with van der Waals surface area (Å²) < 4.78 is 1.86. The fraction of sp³-hybridized carbons (Fsp3) is 0.778. The Morgan fingerprint density at radius 2 is 2.46 bits per heavy atom. The zero-order valence-corrected chi connectivity index (χ0v) is 8.03. The summed E-state index contributed by atoms with van der Waals surface area (Å²) in [5, 5.41) is 11.4. The van der Waals surface area contributed by atoms with E-state index in [0.717, 1.165) is 31.2 Å². The fourth-order valence-corrected chi connectivity index (χ4v) is 1.30. The third-order valence-corrected chi connectivity index (χ3v) is 2.35. The zero-order valence-electron chi connectivity index (χ0n) is 8.03. The van der Waals surface area contributed by atoms with Crippen LogP contribution < -0.4 is 5.32 Å². The van der Waals surface area contributed by atoms with E-state index < -0.39 is 0 Å². The third-order valence-electron chi connectivity index (χ3n) is 2.35. The maximum Gasteiger partial charge on any atom is 0.0964 e. The summed E-state index contributed by atoms with van der Waals surface area (Å²) in [4.78, 5) is 0. The van der Waals surface area contributed by atoms with Gasteiger partial charge in [-0.2, -0.15) is 0 Å². The lowest BCUT2D eigenvalue weighted by molar-refractivity contribution is 0.621. The van der Waals surface area contributed by atoms with E-state index in [1.54, 1.807) is 0 Å². The Kier molecular flexibility index (Phi) is 2.59. The monoisotopic (exact) mass is 180 g/mol. The lowest BCUT2D eigenvalue weighted by atomic mass is 10.4. The molecule has 1 aromatic heterocycles. The van der Waals surface area contributed by atoms with E-state index >= 15 is 0 Å². The first-order valence-electron chi connectivity index (χ1n) is 4.98. The second-order valence-electron chi connectivity index (χ2n) is 3.64. The summed E-state index contributed by atoms with van der Waals surface area (Å²) in [5.41, 5.74) is 1.04. The molecule has 4 heteroatoms. The van der Waals surface area contributed by atoms with Crippen molar-refractivity contribution in [3.8, 4) is 0 Å². The Morgan fingerprint density at radius 1 is 1.62 bits per heavy atom. The molecule has 1 aromatic rings. The van der Waals surface area contributed by atoms with Crippen LogP contribution in [0.4, 0.5) is 0 Å². The number of nitrogens with one attached hydrogen (secondary N) is 1. The number of hydrogen-bond acceptors (Lipinski definition) is 3. The zero-order chi connectivity index (χ0) is 9.10. The van der Waals surface area contributed by atoms with Gasteiger partial charge in [0.15, 0.2) is 0 Å². The first kappa shape index (κ1) is 8.69. The van der Waals surface area contributed by atoms with Gasteiger partial charge in [0.25, 0.3) is 0 Å². The second kappa shape index (κ2) is 3.87. The molecule has 1 aliphatic carbocycles. The van der Waals surface area contributed by atoms with E-state index in [9.17, 15) is 0 Å². The molecule has 13 heavy (non-hydrogen) atoms. The molecule has 0 aliphatic heterocycles. The minimum absolute atomic E-state index is 0.858. The van der Waals surface area contributed by atoms with Crippen LogP contribution in [0, 0.1) is 5.92 Å². The predicted octanol–water partition coefficient (Wildman–Crippen LogP) is 0.798. The van der Waals surface area contributed by atoms with Gasteiger partial charge in [-0.3, -0.25) is 4.68 Å². The average Bonchev–Trinajstić information content (AvgIpc) is 2.84. The highest BCUT2D eigenvalue weighted by atomic mass is 15.4. The molecule has 1 N–H and O–H groups in total. The second-order valence-corrected chi connectivity index (χ2v) is 3.64. The van der Waals surface area contributed by atoms with Crippen molar-refractivity contribution in [1.82, 2.24) is 20.3 Å². The van der Waals surface area contributed by atoms with E-state index in [4.69, 9.17) is 0 Å². The van der Waals surface area contributed by atoms with Crippen LogP contribution in [-0.4, -0.2) is 21.5 Å². The van der Waals surface area contributed by atoms with Gasteiger partial charge in [0.2, 0.25) is 0 Å². The third kappa shape index (κ3) is 2.52. The first-order valence-corrected chi connectivity index (χ1v) is 4.98. The summed E-state index contributed by atoms with van der Waals surface area (Å²) in [6.07, 6.45) is 4.79. The molecule has 0 aromatic carbocycles. The molecule has 0 bridgehead atoms. The molecule has 0 spiro atoms. The molecule has 1 fully saturated rings. The Bertz CT molecular complexity index is 264. The fourth-order valence-electron chi connectivity index (χ4n) is 1.30. The van der Waals surface area contributed by atoms with Crippen LogP contribution in [0.1, 0.15) is 25.5 Å². The summed E-state index contributed by atoms with van der Waals surface area (Å²) in [6, 6.07) is 0. The van der Waals surface area contributed by atoms with Crippen LogP contribution in [0.15, 0.2) is 6.20 Å². The van der Waals surface area contributed by atoms with Crippen LogP contribution in [0.25, 0.3) is 0 Å². The lowest BCUT2D eigenvalue weighted by Gasteiger charge is -1.98. The Hall–Kier alpha value is -0.900. The van der Waals surface area contributed by atoms with Crippen molar-refractivity contribution in [1.29, 1.82) is 0 Å². The Morgan fingerprint density at radius 3 is 3.08 bits per heavy atom. The number of hydrogen-bond donors (Lipinski definition) is 1. The van der Waals surface area contributed by atoms with E-state index in [2.05, 4.69) is 22.6 Å². The van der Waals surface area contributed by atoms with Gasteiger partial charge in [0.1, 0.15) is 0 Å². The smallest absolute Gasteiger partial charge is 0.0964 e. The normalized spacial score (nSPS) is 16.4. The van der Waals surface area contributed by atoms with Gasteiger partial charge < -0.3 is 5.32 Å². The van der Waals surface area contributed by atoms with E-state index in [0.29, 0.717) is 0 Å². The number of aromatic nitrogens is 3. The van der Waals surface area contributed by atoms with Crippen LogP contribution >= 0.6 is 0 Å². The van der Waals surface area contributed by atoms with Crippen molar-refractivity contribution in [2.45, 2.75) is 32.9 Å². The average molecular weight is 180 g/mol. The first-order chi connectivity index (χ1) is 6.38. The molecule has 4 nitrogen and oxygen atoms in total.